The van der Waals surface area contributed by atoms with Crippen LogP contribution in [-0.4, -0.2) is 43.1 Å². The molecule has 0 heterocycles. The van der Waals surface area contributed by atoms with Crippen LogP contribution in [0, 0.1) is 6.92 Å². The van der Waals surface area contributed by atoms with Gasteiger partial charge in [0.2, 0.25) is 0 Å². The number of carbonyl (C=O) groups excluding carboxylic acids is 1. The number of thiocarbonyl (C=S) groups is 1. The molecule has 0 saturated carbocycles. The first-order valence-corrected chi connectivity index (χ1v) is 9.60. The lowest BCUT2D eigenvalue weighted by Crippen LogP contribution is -2.47. The monoisotopic (exact) mass is 420 g/mol. The topological polar surface area (TPSA) is 65.6 Å². The Morgan fingerprint density at radius 2 is 1.86 bits per heavy atom. The van der Waals surface area contributed by atoms with Crippen molar-refractivity contribution in [2.24, 2.45) is 0 Å². The number of nitrogens with zero attached hydrogens (tertiary/aromatic N) is 1. The number of hydrogen-bond donors (Lipinski definition) is 3. The lowest BCUT2D eigenvalue weighted by Gasteiger charge is -2.14. The van der Waals surface area contributed by atoms with Gasteiger partial charge in [-0.15, -0.1) is 0 Å². The normalized spacial score (nSPS) is 10.5. The molecule has 2 aromatic rings. The van der Waals surface area contributed by atoms with Crippen LogP contribution in [-0.2, 0) is 6.61 Å². The summed E-state index contributed by atoms with van der Waals surface area (Å²) in [6, 6.07) is 12.7. The summed E-state index contributed by atoms with van der Waals surface area (Å²) < 4.78 is 5.76. The molecule has 6 nitrogen and oxygen atoms in total. The van der Waals surface area contributed by atoms with Crippen molar-refractivity contribution in [3.63, 3.8) is 0 Å². The van der Waals surface area contributed by atoms with Crippen molar-refractivity contribution in [2.75, 3.05) is 27.2 Å². The molecular formula is C20H25ClN4O2S. The molecule has 0 atom stereocenters. The number of benzene rings is 2. The zero-order chi connectivity index (χ0) is 20.5. The van der Waals surface area contributed by atoms with E-state index in [1.54, 1.807) is 12.1 Å². The van der Waals surface area contributed by atoms with Crippen LogP contribution in [0.15, 0.2) is 42.5 Å². The molecule has 0 aliphatic rings. The van der Waals surface area contributed by atoms with E-state index in [4.69, 9.17) is 28.6 Å². The van der Waals surface area contributed by atoms with Crippen molar-refractivity contribution in [3.05, 3.63) is 64.2 Å². The molecule has 2 rings (SSSR count). The molecule has 28 heavy (non-hydrogen) atoms. The lowest BCUT2D eigenvalue weighted by molar-refractivity contribution is 0.0943. The quantitative estimate of drug-likeness (QED) is 0.473. The predicted molar refractivity (Wildman–Crippen MR) is 117 cm³/mol. The van der Waals surface area contributed by atoms with Crippen LogP contribution < -0.4 is 20.9 Å². The fraction of sp³-hybridized carbons (Fsp3) is 0.300. The van der Waals surface area contributed by atoms with Crippen molar-refractivity contribution in [1.82, 2.24) is 21.1 Å². The van der Waals surface area contributed by atoms with E-state index in [0.29, 0.717) is 28.9 Å². The number of halogens is 1. The predicted octanol–water partition coefficient (Wildman–Crippen LogP) is 2.90. The lowest BCUT2D eigenvalue weighted by atomic mass is 10.1. The Hall–Kier alpha value is -2.35. The van der Waals surface area contributed by atoms with Crippen molar-refractivity contribution in [2.45, 2.75) is 13.5 Å². The number of aryl methyl sites for hydroxylation is 1. The molecule has 0 radical (unpaired) electrons. The average molecular weight is 421 g/mol. The van der Waals surface area contributed by atoms with Crippen LogP contribution in [0.4, 0.5) is 0 Å². The van der Waals surface area contributed by atoms with Crippen LogP contribution >= 0.6 is 23.8 Å². The molecule has 0 spiro atoms. The van der Waals surface area contributed by atoms with E-state index in [-0.39, 0.29) is 5.91 Å². The fourth-order valence-corrected chi connectivity index (χ4v) is 2.52. The number of ether oxygens (including phenoxy) is 1. The molecule has 1 amide bonds. The third-order valence-corrected chi connectivity index (χ3v) is 4.56. The summed E-state index contributed by atoms with van der Waals surface area (Å²) in [5, 5.41) is 4.09. The maximum Gasteiger partial charge on any atom is 0.269 e. The molecule has 0 bridgehead atoms. The molecule has 0 aliphatic heterocycles. The van der Waals surface area contributed by atoms with Gasteiger partial charge in [-0.3, -0.25) is 15.6 Å². The zero-order valence-corrected chi connectivity index (χ0v) is 17.8. The summed E-state index contributed by atoms with van der Waals surface area (Å²) in [5.41, 5.74) is 7.71. The van der Waals surface area contributed by atoms with E-state index < -0.39 is 0 Å². The van der Waals surface area contributed by atoms with Crippen LogP contribution in [0.25, 0.3) is 0 Å². The highest BCUT2D eigenvalue weighted by molar-refractivity contribution is 7.80. The molecular weight excluding hydrogens is 396 g/mol. The van der Waals surface area contributed by atoms with E-state index in [1.165, 1.54) is 0 Å². The van der Waals surface area contributed by atoms with Crippen LogP contribution in [0.1, 0.15) is 21.5 Å². The third-order valence-electron chi connectivity index (χ3n) is 3.89. The minimum atomic E-state index is -0.266. The maximum atomic E-state index is 12.2. The SMILES string of the molecule is Cc1cc(OCc2ccc(C(=O)NNC(=S)NCCN(C)C)cc2)ccc1Cl. The molecule has 0 saturated heterocycles. The number of nitrogens with one attached hydrogen (secondary N) is 3. The first-order valence-electron chi connectivity index (χ1n) is 8.82. The molecule has 0 aliphatic carbocycles. The Balaban J connectivity index is 1.78. The van der Waals surface area contributed by atoms with E-state index in [2.05, 4.69) is 16.2 Å². The second-order valence-electron chi connectivity index (χ2n) is 6.53. The van der Waals surface area contributed by atoms with Crippen molar-refractivity contribution in [1.29, 1.82) is 0 Å². The second-order valence-corrected chi connectivity index (χ2v) is 7.35. The first-order chi connectivity index (χ1) is 13.3. The van der Waals surface area contributed by atoms with Gasteiger partial charge in [0.25, 0.3) is 5.91 Å². The number of hydrazine groups is 1. The Kier molecular flexibility index (Phi) is 8.50. The van der Waals surface area contributed by atoms with Gasteiger partial charge in [-0.25, -0.2) is 0 Å². The molecule has 8 heteroatoms. The van der Waals surface area contributed by atoms with Crippen LogP contribution in [0.3, 0.4) is 0 Å². The zero-order valence-electron chi connectivity index (χ0n) is 16.2. The van der Waals surface area contributed by atoms with E-state index in [1.807, 2.05) is 56.3 Å². The summed E-state index contributed by atoms with van der Waals surface area (Å²) in [6.07, 6.45) is 0. The largest absolute Gasteiger partial charge is 0.489 e. The second kappa shape index (κ2) is 10.8. The highest BCUT2D eigenvalue weighted by atomic mass is 35.5. The number of amides is 1. The molecule has 3 N–H and O–H groups in total. The standard InChI is InChI=1S/C20H25ClN4O2S/c1-14-12-17(8-9-18(14)21)27-13-15-4-6-16(7-5-15)19(26)23-24-20(28)22-10-11-25(2)3/h4-9,12H,10-11,13H2,1-3H3,(H,23,26)(H2,22,24,28). The number of likely N-dealkylation sites (N-methyl/N-ethyl adjacent to an activating group) is 1. The fourth-order valence-electron chi connectivity index (χ4n) is 2.25. The number of carbonyl (C=O) groups is 1. The van der Waals surface area contributed by atoms with Gasteiger partial charge in [0.05, 0.1) is 0 Å². The Morgan fingerprint density at radius 3 is 2.50 bits per heavy atom. The van der Waals surface area contributed by atoms with E-state index >= 15 is 0 Å². The van der Waals surface area contributed by atoms with Gasteiger partial charge in [0.1, 0.15) is 12.4 Å². The molecule has 0 fully saturated rings. The number of rotatable bonds is 7. The Morgan fingerprint density at radius 1 is 1.14 bits per heavy atom. The summed E-state index contributed by atoms with van der Waals surface area (Å²) in [4.78, 5) is 14.2. The van der Waals surface area contributed by atoms with Gasteiger partial charge in [0.15, 0.2) is 5.11 Å². The minimum Gasteiger partial charge on any atom is -0.489 e. The highest BCUT2D eigenvalue weighted by Gasteiger charge is 2.06. The van der Waals surface area contributed by atoms with Gasteiger partial charge in [0, 0.05) is 23.7 Å². The van der Waals surface area contributed by atoms with Gasteiger partial charge >= 0.3 is 0 Å². The first kappa shape index (κ1) is 21.9. The van der Waals surface area contributed by atoms with Gasteiger partial charge in [-0.05, 0) is 74.7 Å². The third kappa shape index (κ3) is 7.34. The van der Waals surface area contributed by atoms with E-state index in [9.17, 15) is 4.79 Å². The molecule has 150 valence electrons. The Bertz CT molecular complexity index is 812. The average Bonchev–Trinajstić information content (AvgIpc) is 2.67. The summed E-state index contributed by atoms with van der Waals surface area (Å²) in [5.74, 6) is 0.487. The maximum absolute atomic E-state index is 12.2. The summed E-state index contributed by atoms with van der Waals surface area (Å²) >= 11 is 11.1. The van der Waals surface area contributed by atoms with Crippen molar-refractivity contribution >= 4 is 34.8 Å². The summed E-state index contributed by atoms with van der Waals surface area (Å²) in [6.45, 7) is 3.87. The van der Waals surface area contributed by atoms with Crippen molar-refractivity contribution in [3.8, 4) is 5.75 Å². The van der Waals surface area contributed by atoms with Crippen LogP contribution in [0.5, 0.6) is 5.75 Å². The van der Waals surface area contributed by atoms with Crippen molar-refractivity contribution < 1.29 is 9.53 Å². The van der Waals surface area contributed by atoms with Gasteiger partial charge in [-0.2, -0.15) is 0 Å². The van der Waals surface area contributed by atoms with E-state index in [0.717, 1.165) is 23.4 Å². The molecule has 0 aromatic heterocycles. The molecule has 0 unspecified atom stereocenters. The minimum absolute atomic E-state index is 0.266. The Labute approximate surface area is 176 Å². The van der Waals surface area contributed by atoms with Gasteiger partial charge in [-0.1, -0.05) is 23.7 Å². The number of hydrogen-bond acceptors (Lipinski definition) is 4. The highest BCUT2D eigenvalue weighted by Crippen LogP contribution is 2.21. The molecule has 2 aromatic carbocycles. The van der Waals surface area contributed by atoms with Crippen LogP contribution in [0.2, 0.25) is 5.02 Å². The summed E-state index contributed by atoms with van der Waals surface area (Å²) in [7, 11) is 3.95. The smallest absolute Gasteiger partial charge is 0.269 e. The van der Waals surface area contributed by atoms with Gasteiger partial charge < -0.3 is 15.0 Å².